The van der Waals surface area contributed by atoms with Crippen molar-refractivity contribution in [1.29, 1.82) is 0 Å². The molecular weight excluding hydrogens is 299 g/mol. The minimum Gasteiger partial charge on any atom is -0.481 e. The molecule has 0 aliphatic carbocycles. The SMILES string of the molecule is Cc1ccc(S(=O)(=O)NCCC(=O)O)cc1C(F)(F)F. The fourth-order valence-corrected chi connectivity index (χ4v) is 2.51. The van der Waals surface area contributed by atoms with E-state index < -0.39 is 45.6 Å². The molecule has 0 aromatic heterocycles. The number of aryl methyl sites for hydroxylation is 1. The van der Waals surface area contributed by atoms with Gasteiger partial charge in [-0.25, -0.2) is 13.1 Å². The van der Waals surface area contributed by atoms with Crippen molar-refractivity contribution < 1.29 is 31.5 Å². The number of carboxylic acids is 1. The Morgan fingerprint density at radius 1 is 1.35 bits per heavy atom. The molecule has 0 radical (unpaired) electrons. The maximum atomic E-state index is 12.7. The number of carbonyl (C=O) groups is 1. The summed E-state index contributed by atoms with van der Waals surface area (Å²) in [6.45, 7) is 0.823. The molecule has 2 N–H and O–H groups in total. The quantitative estimate of drug-likeness (QED) is 0.868. The Labute approximate surface area is 113 Å². The highest BCUT2D eigenvalue weighted by Crippen LogP contribution is 2.33. The van der Waals surface area contributed by atoms with Crippen LogP contribution in [0.1, 0.15) is 17.5 Å². The second kappa shape index (κ2) is 5.80. The highest BCUT2D eigenvalue weighted by atomic mass is 32.2. The number of carboxylic acid groups (broad SMARTS) is 1. The molecule has 0 atom stereocenters. The van der Waals surface area contributed by atoms with E-state index in [4.69, 9.17) is 5.11 Å². The lowest BCUT2D eigenvalue weighted by atomic mass is 10.1. The maximum Gasteiger partial charge on any atom is 0.416 e. The van der Waals surface area contributed by atoms with Crippen molar-refractivity contribution >= 4 is 16.0 Å². The first-order valence-corrected chi connectivity index (χ1v) is 6.91. The number of hydrogen-bond acceptors (Lipinski definition) is 3. The van der Waals surface area contributed by atoms with E-state index in [2.05, 4.69) is 0 Å². The molecule has 5 nitrogen and oxygen atoms in total. The summed E-state index contributed by atoms with van der Waals surface area (Å²) in [7, 11) is -4.17. The summed E-state index contributed by atoms with van der Waals surface area (Å²) >= 11 is 0. The van der Waals surface area contributed by atoms with E-state index in [0.717, 1.165) is 12.1 Å². The van der Waals surface area contributed by atoms with Crippen LogP contribution in [-0.4, -0.2) is 26.0 Å². The van der Waals surface area contributed by atoms with Gasteiger partial charge in [0.15, 0.2) is 0 Å². The molecule has 112 valence electrons. The molecule has 0 spiro atoms. The Hall–Kier alpha value is -1.61. The number of nitrogens with one attached hydrogen (secondary N) is 1. The monoisotopic (exact) mass is 311 g/mol. The van der Waals surface area contributed by atoms with Crippen molar-refractivity contribution in [2.24, 2.45) is 0 Å². The second-order valence-electron chi connectivity index (χ2n) is 4.02. The molecule has 0 saturated carbocycles. The summed E-state index contributed by atoms with van der Waals surface area (Å²) < 4.78 is 63.4. The standard InChI is InChI=1S/C11H12F3NO4S/c1-7-2-3-8(6-9(7)11(12,13)14)20(18,19)15-5-4-10(16)17/h2-3,6,15H,4-5H2,1H3,(H,16,17). The van der Waals surface area contributed by atoms with Crippen molar-refractivity contribution in [1.82, 2.24) is 4.72 Å². The van der Waals surface area contributed by atoms with Crippen LogP contribution in [0, 0.1) is 6.92 Å². The lowest BCUT2D eigenvalue weighted by Gasteiger charge is -2.12. The third kappa shape index (κ3) is 4.20. The van der Waals surface area contributed by atoms with Gasteiger partial charge in [-0.2, -0.15) is 13.2 Å². The summed E-state index contributed by atoms with van der Waals surface area (Å²) in [5, 5.41) is 8.38. The molecule has 0 unspecified atom stereocenters. The summed E-state index contributed by atoms with van der Waals surface area (Å²) in [5.74, 6) is -1.22. The Morgan fingerprint density at radius 2 is 1.95 bits per heavy atom. The van der Waals surface area contributed by atoms with Crippen LogP contribution in [-0.2, 0) is 21.0 Å². The predicted octanol–water partition coefficient (Wildman–Crippen LogP) is 1.77. The molecule has 1 aromatic rings. The number of aliphatic carboxylic acids is 1. The van der Waals surface area contributed by atoms with Crippen molar-refractivity contribution in [3.63, 3.8) is 0 Å². The number of hydrogen-bond donors (Lipinski definition) is 2. The fourth-order valence-electron chi connectivity index (χ4n) is 1.45. The highest BCUT2D eigenvalue weighted by molar-refractivity contribution is 7.89. The smallest absolute Gasteiger partial charge is 0.416 e. The van der Waals surface area contributed by atoms with Crippen LogP contribution in [0.4, 0.5) is 13.2 Å². The minimum absolute atomic E-state index is 0.0954. The molecule has 0 aliphatic heterocycles. The van der Waals surface area contributed by atoms with E-state index in [1.54, 1.807) is 0 Å². The molecule has 0 aliphatic rings. The number of sulfonamides is 1. The first-order chi connectivity index (χ1) is 9.04. The molecule has 0 heterocycles. The maximum absolute atomic E-state index is 12.7. The van der Waals surface area contributed by atoms with Crippen LogP contribution in [0.25, 0.3) is 0 Å². The lowest BCUT2D eigenvalue weighted by molar-refractivity contribution is -0.138. The van der Waals surface area contributed by atoms with E-state index in [-0.39, 0.29) is 5.56 Å². The molecule has 0 amide bonds. The minimum atomic E-state index is -4.66. The van der Waals surface area contributed by atoms with Gasteiger partial charge in [0, 0.05) is 6.54 Å². The van der Waals surface area contributed by atoms with Crippen molar-refractivity contribution in [3.05, 3.63) is 29.3 Å². The van der Waals surface area contributed by atoms with Crippen LogP contribution in [0.15, 0.2) is 23.1 Å². The lowest BCUT2D eigenvalue weighted by Crippen LogP contribution is -2.26. The largest absolute Gasteiger partial charge is 0.481 e. The highest BCUT2D eigenvalue weighted by Gasteiger charge is 2.33. The van der Waals surface area contributed by atoms with E-state index in [1.165, 1.54) is 6.92 Å². The average molecular weight is 311 g/mol. The van der Waals surface area contributed by atoms with Crippen LogP contribution < -0.4 is 4.72 Å². The Kier molecular flexibility index (Phi) is 4.77. The molecule has 20 heavy (non-hydrogen) atoms. The van der Waals surface area contributed by atoms with Crippen molar-refractivity contribution in [2.75, 3.05) is 6.54 Å². The van der Waals surface area contributed by atoms with Gasteiger partial charge >= 0.3 is 12.1 Å². The van der Waals surface area contributed by atoms with Gasteiger partial charge in [0.2, 0.25) is 10.0 Å². The summed E-state index contributed by atoms with van der Waals surface area (Å²) in [6.07, 6.45) is -5.12. The molecule has 0 fully saturated rings. The number of alkyl halides is 3. The van der Waals surface area contributed by atoms with Gasteiger partial charge in [-0.15, -0.1) is 0 Å². The van der Waals surface area contributed by atoms with Gasteiger partial charge in [0.1, 0.15) is 0 Å². The summed E-state index contributed by atoms with van der Waals surface area (Å²) in [4.78, 5) is 9.71. The zero-order valence-electron chi connectivity index (χ0n) is 10.4. The fraction of sp³-hybridized carbons (Fsp3) is 0.364. The second-order valence-corrected chi connectivity index (χ2v) is 5.78. The zero-order chi connectivity index (χ0) is 15.6. The van der Waals surface area contributed by atoms with E-state index in [9.17, 15) is 26.4 Å². The normalized spacial score (nSPS) is 12.4. The third-order valence-electron chi connectivity index (χ3n) is 2.46. The van der Waals surface area contributed by atoms with E-state index >= 15 is 0 Å². The van der Waals surface area contributed by atoms with Crippen LogP contribution in [0.2, 0.25) is 0 Å². The Balaban J connectivity index is 3.05. The van der Waals surface area contributed by atoms with Gasteiger partial charge < -0.3 is 5.11 Å². The summed E-state index contributed by atoms with van der Waals surface area (Å²) in [6, 6.07) is 2.61. The molecule has 9 heteroatoms. The van der Waals surface area contributed by atoms with Crippen molar-refractivity contribution in [3.8, 4) is 0 Å². The third-order valence-corrected chi connectivity index (χ3v) is 3.91. The van der Waals surface area contributed by atoms with Gasteiger partial charge in [-0.05, 0) is 24.6 Å². The van der Waals surface area contributed by atoms with Gasteiger partial charge in [-0.3, -0.25) is 4.79 Å². The van der Waals surface area contributed by atoms with E-state index in [0.29, 0.717) is 6.07 Å². The molecule has 1 rings (SSSR count). The van der Waals surface area contributed by atoms with Crippen LogP contribution in [0.5, 0.6) is 0 Å². The molecule has 0 bridgehead atoms. The van der Waals surface area contributed by atoms with E-state index in [1.807, 2.05) is 4.72 Å². The Bertz CT molecular complexity index is 611. The summed E-state index contributed by atoms with van der Waals surface area (Å²) in [5.41, 5.74) is -1.14. The first kappa shape index (κ1) is 16.4. The van der Waals surface area contributed by atoms with Crippen molar-refractivity contribution in [2.45, 2.75) is 24.4 Å². The van der Waals surface area contributed by atoms with Gasteiger partial charge in [0.05, 0.1) is 16.9 Å². The van der Waals surface area contributed by atoms with Crippen LogP contribution in [0.3, 0.4) is 0 Å². The average Bonchev–Trinajstić information content (AvgIpc) is 2.26. The Morgan fingerprint density at radius 3 is 2.45 bits per heavy atom. The first-order valence-electron chi connectivity index (χ1n) is 5.43. The number of rotatable bonds is 5. The van der Waals surface area contributed by atoms with Gasteiger partial charge in [0.25, 0.3) is 0 Å². The number of halogens is 3. The molecule has 1 aromatic carbocycles. The topological polar surface area (TPSA) is 83.5 Å². The predicted molar refractivity (Wildman–Crippen MR) is 63.6 cm³/mol. The number of benzene rings is 1. The molecular formula is C11H12F3NO4S. The molecule has 0 saturated heterocycles. The zero-order valence-corrected chi connectivity index (χ0v) is 11.2. The van der Waals surface area contributed by atoms with Crippen LogP contribution >= 0.6 is 0 Å². The van der Waals surface area contributed by atoms with Gasteiger partial charge in [-0.1, -0.05) is 6.07 Å².